The van der Waals surface area contributed by atoms with Crippen LogP contribution in [0.2, 0.25) is 0 Å². The summed E-state index contributed by atoms with van der Waals surface area (Å²) in [7, 11) is 0. The van der Waals surface area contributed by atoms with Gasteiger partial charge in [-0.2, -0.15) is 0 Å². The quantitative estimate of drug-likeness (QED) is 0.652. The molecule has 2 aromatic rings. The number of aromatic nitrogens is 2. The molecule has 0 saturated carbocycles. The number of aryl methyl sites for hydroxylation is 2. The van der Waals surface area contributed by atoms with Crippen molar-refractivity contribution in [3.05, 3.63) is 52.8 Å². The van der Waals surface area contributed by atoms with Gasteiger partial charge in [0, 0.05) is 30.3 Å². The summed E-state index contributed by atoms with van der Waals surface area (Å²) in [6, 6.07) is 6.64. The van der Waals surface area contributed by atoms with E-state index in [1.807, 2.05) is 12.4 Å². The molecule has 1 heterocycles. The second kappa shape index (κ2) is 7.41. The normalized spacial score (nSPS) is 10.8. The molecule has 0 saturated heterocycles. The largest absolute Gasteiger partial charge is 0.313 e. The Hall–Kier alpha value is -1.39. The summed E-state index contributed by atoms with van der Waals surface area (Å²) in [5.74, 6) is 0.912. The van der Waals surface area contributed by atoms with Gasteiger partial charge in [-0.25, -0.2) is 9.97 Å². The molecule has 0 radical (unpaired) electrons. The number of rotatable bonds is 6. The maximum Gasteiger partial charge on any atom is 0.187 e. The molecule has 0 aliphatic carbocycles. The van der Waals surface area contributed by atoms with Crippen LogP contribution in [-0.4, -0.2) is 16.5 Å². The highest BCUT2D eigenvalue weighted by Gasteiger charge is 2.01. The fourth-order valence-electron chi connectivity index (χ4n) is 2.08. The first-order chi connectivity index (χ1) is 9.67. The summed E-state index contributed by atoms with van der Waals surface area (Å²) >= 11 is 1.68. The minimum atomic E-state index is 0.832. The molecule has 0 spiro atoms. The van der Waals surface area contributed by atoms with Gasteiger partial charge in [0.15, 0.2) is 5.16 Å². The van der Waals surface area contributed by atoms with Gasteiger partial charge in [0.05, 0.1) is 0 Å². The van der Waals surface area contributed by atoms with Gasteiger partial charge >= 0.3 is 0 Å². The molecule has 4 heteroatoms. The second-order valence-electron chi connectivity index (χ2n) is 4.94. The van der Waals surface area contributed by atoms with E-state index in [1.165, 1.54) is 16.7 Å². The smallest absolute Gasteiger partial charge is 0.187 e. The maximum absolute atomic E-state index is 4.40. The zero-order chi connectivity index (χ0) is 14.4. The minimum Gasteiger partial charge on any atom is -0.313 e. The Bertz CT molecular complexity index is 532. The summed E-state index contributed by atoms with van der Waals surface area (Å²) < 4.78 is 0. The Kier molecular flexibility index (Phi) is 5.56. The molecule has 0 fully saturated rings. The fourth-order valence-corrected chi connectivity index (χ4v) is 2.80. The van der Waals surface area contributed by atoms with E-state index in [-0.39, 0.29) is 0 Å². The molecule has 0 unspecified atom stereocenters. The van der Waals surface area contributed by atoms with E-state index >= 15 is 0 Å². The molecule has 0 amide bonds. The first kappa shape index (κ1) is 15.0. The highest BCUT2D eigenvalue weighted by atomic mass is 32.2. The molecular formula is C16H21N3S. The van der Waals surface area contributed by atoms with Crippen LogP contribution in [0.5, 0.6) is 0 Å². The van der Waals surface area contributed by atoms with E-state index in [0.717, 1.165) is 29.6 Å². The Morgan fingerprint density at radius 2 is 1.65 bits per heavy atom. The Balaban J connectivity index is 1.93. The van der Waals surface area contributed by atoms with Crippen LogP contribution in [-0.2, 0) is 12.3 Å². The molecule has 1 aromatic heterocycles. The molecule has 106 valence electrons. The standard InChI is InChI=1S/C16H21N3S/c1-4-17-8-15-9-18-16(19-10-15)20-11-14-6-12(2)5-13(3)7-14/h5-7,9-10,17H,4,8,11H2,1-3H3. The molecule has 0 bridgehead atoms. The van der Waals surface area contributed by atoms with Crippen molar-refractivity contribution in [2.75, 3.05) is 6.54 Å². The van der Waals surface area contributed by atoms with Crippen LogP contribution in [0.1, 0.15) is 29.2 Å². The predicted octanol–water partition coefficient (Wildman–Crippen LogP) is 3.50. The van der Waals surface area contributed by atoms with Crippen molar-refractivity contribution in [3.8, 4) is 0 Å². The minimum absolute atomic E-state index is 0.832. The summed E-state index contributed by atoms with van der Waals surface area (Å²) in [4.78, 5) is 8.81. The number of hydrogen-bond donors (Lipinski definition) is 1. The van der Waals surface area contributed by atoms with Crippen molar-refractivity contribution in [1.29, 1.82) is 0 Å². The van der Waals surface area contributed by atoms with Crippen LogP contribution >= 0.6 is 11.8 Å². The topological polar surface area (TPSA) is 37.8 Å². The van der Waals surface area contributed by atoms with Crippen LogP contribution in [0.3, 0.4) is 0 Å². The first-order valence-corrected chi connectivity index (χ1v) is 7.87. The van der Waals surface area contributed by atoms with Crippen LogP contribution in [0, 0.1) is 13.8 Å². The van der Waals surface area contributed by atoms with Gasteiger partial charge in [-0.1, -0.05) is 48.0 Å². The highest BCUT2D eigenvalue weighted by Crippen LogP contribution is 2.20. The van der Waals surface area contributed by atoms with Gasteiger partial charge in [-0.3, -0.25) is 0 Å². The van der Waals surface area contributed by atoms with Gasteiger partial charge in [0.2, 0.25) is 0 Å². The molecular weight excluding hydrogens is 266 g/mol. The third-order valence-corrected chi connectivity index (χ3v) is 3.86. The monoisotopic (exact) mass is 287 g/mol. The van der Waals surface area contributed by atoms with Gasteiger partial charge in [-0.05, 0) is 26.0 Å². The van der Waals surface area contributed by atoms with Crippen LogP contribution in [0.15, 0.2) is 35.7 Å². The van der Waals surface area contributed by atoms with Crippen molar-refractivity contribution in [1.82, 2.24) is 15.3 Å². The van der Waals surface area contributed by atoms with Gasteiger partial charge < -0.3 is 5.32 Å². The van der Waals surface area contributed by atoms with Crippen molar-refractivity contribution in [2.45, 2.75) is 38.2 Å². The lowest BCUT2D eigenvalue weighted by atomic mass is 10.1. The molecule has 0 atom stereocenters. The van der Waals surface area contributed by atoms with Gasteiger partial charge in [0.1, 0.15) is 0 Å². The summed E-state index contributed by atoms with van der Waals surface area (Å²) in [6.07, 6.45) is 3.80. The maximum atomic E-state index is 4.40. The zero-order valence-electron chi connectivity index (χ0n) is 12.3. The van der Waals surface area contributed by atoms with Crippen molar-refractivity contribution in [2.24, 2.45) is 0 Å². The zero-order valence-corrected chi connectivity index (χ0v) is 13.1. The fraction of sp³-hybridized carbons (Fsp3) is 0.375. The molecule has 2 rings (SSSR count). The lowest BCUT2D eigenvalue weighted by Crippen LogP contribution is -2.12. The van der Waals surface area contributed by atoms with E-state index in [4.69, 9.17) is 0 Å². The summed E-state index contributed by atoms with van der Waals surface area (Å²) in [5.41, 5.74) is 5.07. The van der Waals surface area contributed by atoms with Crippen molar-refractivity contribution in [3.63, 3.8) is 0 Å². The Morgan fingerprint density at radius 1 is 1.00 bits per heavy atom. The Morgan fingerprint density at radius 3 is 2.25 bits per heavy atom. The number of nitrogens with zero attached hydrogens (tertiary/aromatic N) is 2. The molecule has 0 aliphatic heterocycles. The lowest BCUT2D eigenvalue weighted by molar-refractivity contribution is 0.716. The van der Waals surface area contributed by atoms with Crippen LogP contribution in [0.25, 0.3) is 0 Å². The van der Waals surface area contributed by atoms with E-state index in [1.54, 1.807) is 11.8 Å². The average molecular weight is 287 g/mol. The molecule has 0 aliphatic rings. The van der Waals surface area contributed by atoms with Crippen LogP contribution in [0.4, 0.5) is 0 Å². The molecule has 20 heavy (non-hydrogen) atoms. The van der Waals surface area contributed by atoms with E-state index in [2.05, 4.69) is 54.3 Å². The molecule has 1 N–H and O–H groups in total. The average Bonchev–Trinajstić information content (AvgIpc) is 2.43. The summed E-state index contributed by atoms with van der Waals surface area (Å²) in [6.45, 7) is 8.15. The van der Waals surface area contributed by atoms with Gasteiger partial charge in [-0.15, -0.1) is 0 Å². The Labute approximate surface area is 125 Å². The van der Waals surface area contributed by atoms with E-state index < -0.39 is 0 Å². The van der Waals surface area contributed by atoms with Crippen LogP contribution < -0.4 is 5.32 Å². The van der Waals surface area contributed by atoms with E-state index in [9.17, 15) is 0 Å². The third-order valence-electron chi connectivity index (χ3n) is 2.91. The second-order valence-corrected chi connectivity index (χ2v) is 5.88. The first-order valence-electron chi connectivity index (χ1n) is 6.89. The van der Waals surface area contributed by atoms with E-state index in [0.29, 0.717) is 0 Å². The van der Waals surface area contributed by atoms with Crippen molar-refractivity contribution >= 4 is 11.8 Å². The van der Waals surface area contributed by atoms with Crippen molar-refractivity contribution < 1.29 is 0 Å². The number of hydrogen-bond acceptors (Lipinski definition) is 4. The number of nitrogens with one attached hydrogen (secondary N) is 1. The molecule has 1 aromatic carbocycles. The lowest BCUT2D eigenvalue weighted by Gasteiger charge is -2.05. The number of benzene rings is 1. The SMILES string of the molecule is CCNCc1cnc(SCc2cc(C)cc(C)c2)nc1. The third kappa shape index (κ3) is 4.62. The highest BCUT2D eigenvalue weighted by molar-refractivity contribution is 7.98. The molecule has 3 nitrogen and oxygen atoms in total. The summed E-state index contributed by atoms with van der Waals surface area (Å²) in [5, 5.41) is 4.10. The number of thioether (sulfide) groups is 1. The predicted molar refractivity (Wildman–Crippen MR) is 84.9 cm³/mol. The van der Waals surface area contributed by atoms with Gasteiger partial charge in [0.25, 0.3) is 0 Å².